The highest BCUT2D eigenvalue weighted by Gasteiger charge is 2.21. The van der Waals surface area contributed by atoms with E-state index in [1.165, 1.54) is 77.7 Å². The first-order valence-electron chi connectivity index (χ1n) is 18.5. The highest BCUT2D eigenvalue weighted by molar-refractivity contribution is 6.01. The molecular weight excluding hydrogens is 653 g/mol. The van der Waals surface area contributed by atoms with Gasteiger partial charge in [-0.2, -0.15) is 0 Å². The van der Waals surface area contributed by atoms with Crippen LogP contribution in [0.5, 0.6) is 0 Å². The Morgan fingerprint density at radius 3 is 0.833 bits per heavy atom. The standard InChI is InChI=1S/C52H36N2/c1-3-21-39(22-4-1)53-49-33-17-7-19-37(49)35-51(53)47-31-15-13-29-45(47)43-27-11-9-25-41(43)42-26-10-12-28-44(42)46-30-14-16-32-48(46)52-36-38-20-8-18-34-50(38)54(52)40-23-5-2-6-24-40/h1-36H. The lowest BCUT2D eigenvalue weighted by Crippen LogP contribution is -1.99. The summed E-state index contributed by atoms with van der Waals surface area (Å²) in [4.78, 5) is 0. The third-order valence-corrected chi connectivity index (χ3v) is 10.6. The summed E-state index contributed by atoms with van der Waals surface area (Å²) in [7, 11) is 0. The van der Waals surface area contributed by atoms with Crippen molar-refractivity contribution in [3.63, 3.8) is 0 Å². The van der Waals surface area contributed by atoms with Crippen molar-refractivity contribution < 1.29 is 0 Å². The van der Waals surface area contributed by atoms with Crippen molar-refractivity contribution in [2.75, 3.05) is 0 Å². The fourth-order valence-electron chi connectivity index (χ4n) is 8.20. The van der Waals surface area contributed by atoms with Crippen LogP contribution in [0.15, 0.2) is 218 Å². The lowest BCUT2D eigenvalue weighted by atomic mass is 9.86. The van der Waals surface area contributed by atoms with Gasteiger partial charge >= 0.3 is 0 Å². The predicted molar refractivity (Wildman–Crippen MR) is 227 cm³/mol. The first-order chi connectivity index (χ1) is 26.8. The van der Waals surface area contributed by atoms with Crippen LogP contribution >= 0.6 is 0 Å². The minimum absolute atomic E-state index is 1.15. The Morgan fingerprint density at radius 2 is 0.481 bits per heavy atom. The second kappa shape index (κ2) is 13.4. The number of para-hydroxylation sites is 4. The van der Waals surface area contributed by atoms with E-state index >= 15 is 0 Å². The summed E-state index contributed by atoms with van der Waals surface area (Å²) in [6.07, 6.45) is 0. The fraction of sp³-hybridized carbons (Fsp3) is 0. The van der Waals surface area contributed by atoms with E-state index in [0.717, 1.165) is 11.4 Å². The maximum Gasteiger partial charge on any atom is 0.0547 e. The van der Waals surface area contributed by atoms with Crippen LogP contribution in [0.2, 0.25) is 0 Å². The summed E-state index contributed by atoms with van der Waals surface area (Å²) in [5.41, 5.74) is 16.6. The molecule has 0 aliphatic carbocycles. The number of nitrogens with zero attached hydrogens (tertiary/aromatic N) is 2. The highest BCUT2D eigenvalue weighted by Crippen LogP contribution is 2.45. The molecule has 2 heterocycles. The Kier molecular flexibility index (Phi) is 7.85. The van der Waals surface area contributed by atoms with Gasteiger partial charge in [-0.15, -0.1) is 0 Å². The monoisotopic (exact) mass is 688 g/mol. The van der Waals surface area contributed by atoms with Crippen molar-refractivity contribution in [3.8, 4) is 67.3 Å². The lowest BCUT2D eigenvalue weighted by Gasteiger charge is -2.20. The molecule has 0 amide bonds. The molecule has 0 radical (unpaired) electrons. The summed E-state index contributed by atoms with van der Waals surface area (Å²) < 4.78 is 4.79. The number of hydrogen-bond acceptors (Lipinski definition) is 0. The van der Waals surface area contributed by atoms with E-state index in [1.807, 2.05) is 0 Å². The number of fused-ring (bicyclic) bond motifs is 2. The predicted octanol–water partition coefficient (Wildman–Crippen LogP) is 13.9. The molecule has 0 saturated carbocycles. The van der Waals surface area contributed by atoms with E-state index < -0.39 is 0 Å². The van der Waals surface area contributed by atoms with E-state index in [1.54, 1.807) is 0 Å². The van der Waals surface area contributed by atoms with Gasteiger partial charge in [0.15, 0.2) is 0 Å². The number of benzene rings is 8. The van der Waals surface area contributed by atoms with Crippen LogP contribution in [-0.2, 0) is 0 Å². The Hall–Kier alpha value is -7.16. The van der Waals surface area contributed by atoms with Crippen LogP contribution in [0.1, 0.15) is 0 Å². The van der Waals surface area contributed by atoms with Gasteiger partial charge in [0.25, 0.3) is 0 Å². The summed E-state index contributed by atoms with van der Waals surface area (Å²) in [5.74, 6) is 0. The molecule has 0 atom stereocenters. The highest BCUT2D eigenvalue weighted by atomic mass is 15.0. The van der Waals surface area contributed by atoms with Gasteiger partial charge in [-0.3, -0.25) is 0 Å². The normalized spacial score (nSPS) is 11.3. The van der Waals surface area contributed by atoms with Crippen LogP contribution in [0.25, 0.3) is 89.1 Å². The van der Waals surface area contributed by atoms with E-state index in [2.05, 4.69) is 228 Å². The molecule has 10 rings (SSSR count). The van der Waals surface area contributed by atoms with E-state index in [-0.39, 0.29) is 0 Å². The molecule has 0 spiro atoms. The minimum atomic E-state index is 1.15. The lowest BCUT2D eigenvalue weighted by molar-refractivity contribution is 1.13. The average molecular weight is 689 g/mol. The topological polar surface area (TPSA) is 9.86 Å². The van der Waals surface area contributed by atoms with E-state index in [0.29, 0.717) is 0 Å². The molecule has 54 heavy (non-hydrogen) atoms. The van der Waals surface area contributed by atoms with Gasteiger partial charge in [0.2, 0.25) is 0 Å². The van der Waals surface area contributed by atoms with Crippen LogP contribution in [0.3, 0.4) is 0 Å². The van der Waals surface area contributed by atoms with Crippen LogP contribution in [0, 0.1) is 0 Å². The van der Waals surface area contributed by atoms with Crippen LogP contribution < -0.4 is 0 Å². The van der Waals surface area contributed by atoms with Crippen molar-refractivity contribution in [2.24, 2.45) is 0 Å². The van der Waals surface area contributed by atoms with Crippen molar-refractivity contribution in [1.82, 2.24) is 9.13 Å². The van der Waals surface area contributed by atoms with Crippen LogP contribution in [0.4, 0.5) is 0 Å². The van der Waals surface area contributed by atoms with Gasteiger partial charge in [-0.25, -0.2) is 0 Å². The Morgan fingerprint density at radius 1 is 0.222 bits per heavy atom. The van der Waals surface area contributed by atoms with Gasteiger partial charge in [0, 0.05) is 33.3 Å². The third kappa shape index (κ3) is 5.36. The van der Waals surface area contributed by atoms with Crippen molar-refractivity contribution in [1.29, 1.82) is 0 Å². The van der Waals surface area contributed by atoms with E-state index in [4.69, 9.17) is 0 Å². The molecule has 2 heteroatoms. The second-order valence-corrected chi connectivity index (χ2v) is 13.7. The van der Waals surface area contributed by atoms with Gasteiger partial charge in [0.1, 0.15) is 0 Å². The zero-order valence-electron chi connectivity index (χ0n) is 29.7. The maximum atomic E-state index is 2.40. The van der Waals surface area contributed by atoms with Crippen molar-refractivity contribution in [3.05, 3.63) is 218 Å². The molecule has 8 aromatic carbocycles. The van der Waals surface area contributed by atoms with E-state index in [9.17, 15) is 0 Å². The summed E-state index contributed by atoms with van der Waals surface area (Å²) >= 11 is 0. The minimum Gasteiger partial charge on any atom is -0.309 e. The molecule has 0 aliphatic rings. The summed E-state index contributed by atoms with van der Waals surface area (Å²) in [6.45, 7) is 0. The Balaban J connectivity index is 1.17. The third-order valence-electron chi connectivity index (χ3n) is 10.6. The molecule has 0 bridgehead atoms. The summed E-state index contributed by atoms with van der Waals surface area (Å²) in [6, 6.07) is 78.9. The zero-order chi connectivity index (χ0) is 35.8. The van der Waals surface area contributed by atoms with Crippen LogP contribution in [-0.4, -0.2) is 9.13 Å². The van der Waals surface area contributed by atoms with Gasteiger partial charge in [0.05, 0.1) is 22.4 Å². The van der Waals surface area contributed by atoms with Crippen molar-refractivity contribution >= 4 is 21.8 Å². The van der Waals surface area contributed by atoms with Gasteiger partial charge in [-0.1, -0.05) is 170 Å². The maximum absolute atomic E-state index is 2.40. The van der Waals surface area contributed by atoms with Gasteiger partial charge < -0.3 is 9.13 Å². The average Bonchev–Trinajstić information content (AvgIpc) is 3.84. The molecule has 0 unspecified atom stereocenters. The molecule has 0 N–H and O–H groups in total. The molecule has 2 aromatic heterocycles. The first kappa shape index (κ1) is 31.6. The summed E-state index contributed by atoms with van der Waals surface area (Å²) in [5, 5.41) is 2.43. The second-order valence-electron chi connectivity index (χ2n) is 13.7. The molecule has 0 saturated heterocycles. The first-order valence-corrected chi connectivity index (χ1v) is 18.5. The Bertz CT molecular complexity index is 2730. The molecule has 10 aromatic rings. The zero-order valence-corrected chi connectivity index (χ0v) is 29.7. The number of hydrogen-bond donors (Lipinski definition) is 0. The molecule has 0 aliphatic heterocycles. The quantitative estimate of drug-likeness (QED) is 0.158. The number of aromatic nitrogens is 2. The molecule has 254 valence electrons. The smallest absolute Gasteiger partial charge is 0.0547 e. The SMILES string of the molecule is c1ccc(-n2c(-c3ccccc3-c3ccccc3-c3ccccc3-c3ccccc3-c3cc4ccccc4n3-c3ccccc3)cc3ccccc32)cc1. The molecule has 2 nitrogen and oxygen atoms in total. The molecule has 0 fully saturated rings. The fourth-order valence-corrected chi connectivity index (χ4v) is 8.20. The largest absolute Gasteiger partial charge is 0.309 e. The van der Waals surface area contributed by atoms with Crippen molar-refractivity contribution in [2.45, 2.75) is 0 Å². The Labute approximate surface area is 315 Å². The van der Waals surface area contributed by atoms with Gasteiger partial charge in [-0.05, 0) is 81.9 Å². The molecular formula is C52H36N2. The number of rotatable bonds is 7.